The fourth-order valence-electron chi connectivity index (χ4n) is 3.19. The van der Waals surface area contributed by atoms with E-state index in [0.29, 0.717) is 5.57 Å². The Morgan fingerprint density at radius 2 is 1.96 bits per heavy atom. The van der Waals surface area contributed by atoms with Gasteiger partial charge in [0.15, 0.2) is 5.41 Å². The second kappa shape index (κ2) is 5.65. The van der Waals surface area contributed by atoms with Crippen molar-refractivity contribution in [3.63, 3.8) is 0 Å². The SMILES string of the molecule is CC(c1ccccc1)N1CC2(C(=O)OC(C)(C)C)COC=C2C1=O. The summed E-state index contributed by atoms with van der Waals surface area (Å²) in [6.07, 6.45) is 1.42. The molecule has 0 N–H and O–H groups in total. The molecule has 24 heavy (non-hydrogen) atoms. The van der Waals surface area contributed by atoms with Crippen LogP contribution < -0.4 is 0 Å². The van der Waals surface area contributed by atoms with E-state index in [1.165, 1.54) is 6.26 Å². The summed E-state index contributed by atoms with van der Waals surface area (Å²) in [5.74, 6) is -0.551. The van der Waals surface area contributed by atoms with E-state index in [2.05, 4.69) is 0 Å². The standard InChI is InChI=1S/C19H23NO4/c1-13(14-8-6-5-7-9-14)20-11-19(17(22)24-18(2,3)4)12-23-10-15(19)16(20)21/h5-10,13H,11-12H2,1-4H3. The molecule has 2 heterocycles. The molecule has 2 atom stereocenters. The molecule has 0 aromatic heterocycles. The van der Waals surface area contributed by atoms with Gasteiger partial charge in [-0.2, -0.15) is 0 Å². The Hall–Kier alpha value is -2.30. The van der Waals surface area contributed by atoms with Crippen molar-refractivity contribution in [1.82, 2.24) is 4.90 Å². The first-order valence-electron chi connectivity index (χ1n) is 8.16. The smallest absolute Gasteiger partial charge is 0.322 e. The lowest BCUT2D eigenvalue weighted by Crippen LogP contribution is -2.42. The third kappa shape index (κ3) is 2.68. The monoisotopic (exact) mass is 329 g/mol. The van der Waals surface area contributed by atoms with E-state index in [4.69, 9.17) is 9.47 Å². The fourth-order valence-corrected chi connectivity index (χ4v) is 3.19. The molecule has 3 rings (SSSR count). The maximum absolute atomic E-state index is 12.8. The first-order valence-corrected chi connectivity index (χ1v) is 8.16. The van der Waals surface area contributed by atoms with Crippen LogP contribution in [-0.2, 0) is 19.1 Å². The molecule has 2 aliphatic heterocycles. The number of carbonyl (C=O) groups excluding carboxylic acids is 2. The van der Waals surface area contributed by atoms with Crippen LogP contribution in [0.25, 0.3) is 0 Å². The lowest BCUT2D eigenvalue weighted by molar-refractivity contribution is -0.165. The number of fused-ring (bicyclic) bond motifs is 1. The number of ether oxygens (including phenoxy) is 2. The number of hydrogen-bond donors (Lipinski definition) is 0. The van der Waals surface area contributed by atoms with Crippen LogP contribution >= 0.6 is 0 Å². The zero-order chi connectivity index (χ0) is 17.5. The topological polar surface area (TPSA) is 55.8 Å². The van der Waals surface area contributed by atoms with Gasteiger partial charge in [-0.15, -0.1) is 0 Å². The highest BCUT2D eigenvalue weighted by atomic mass is 16.6. The molecule has 1 amide bonds. The molecular formula is C19H23NO4. The van der Waals surface area contributed by atoms with Crippen molar-refractivity contribution >= 4 is 11.9 Å². The predicted molar refractivity (Wildman–Crippen MR) is 88.9 cm³/mol. The van der Waals surface area contributed by atoms with Crippen LogP contribution in [-0.4, -0.2) is 35.5 Å². The van der Waals surface area contributed by atoms with Crippen molar-refractivity contribution in [2.24, 2.45) is 5.41 Å². The van der Waals surface area contributed by atoms with Gasteiger partial charge in [-0.25, -0.2) is 0 Å². The number of hydrogen-bond acceptors (Lipinski definition) is 4. The van der Waals surface area contributed by atoms with Crippen LogP contribution in [0.15, 0.2) is 42.2 Å². The summed E-state index contributed by atoms with van der Waals surface area (Å²) in [7, 11) is 0. The summed E-state index contributed by atoms with van der Waals surface area (Å²) >= 11 is 0. The molecule has 2 unspecified atom stereocenters. The minimum absolute atomic E-state index is 0.121. The number of carbonyl (C=O) groups is 2. The zero-order valence-corrected chi connectivity index (χ0v) is 14.5. The van der Waals surface area contributed by atoms with E-state index in [1.54, 1.807) is 4.90 Å². The summed E-state index contributed by atoms with van der Waals surface area (Å²) in [5, 5.41) is 0. The summed E-state index contributed by atoms with van der Waals surface area (Å²) in [5.41, 5.74) is -0.194. The second-order valence-electron chi connectivity index (χ2n) is 7.45. The first kappa shape index (κ1) is 16.6. The van der Waals surface area contributed by atoms with Crippen molar-refractivity contribution < 1.29 is 19.1 Å². The van der Waals surface area contributed by atoms with Crippen molar-refractivity contribution in [3.8, 4) is 0 Å². The number of benzene rings is 1. The molecule has 2 aliphatic rings. The number of likely N-dealkylation sites (tertiary alicyclic amines) is 1. The first-order chi connectivity index (χ1) is 11.2. The number of rotatable bonds is 3. The lowest BCUT2D eigenvalue weighted by Gasteiger charge is -2.30. The van der Waals surface area contributed by atoms with Crippen molar-refractivity contribution in [2.75, 3.05) is 13.2 Å². The molecule has 5 heteroatoms. The normalized spacial score (nSPS) is 24.2. The Morgan fingerprint density at radius 3 is 2.58 bits per heavy atom. The van der Waals surface area contributed by atoms with Gasteiger partial charge in [-0.1, -0.05) is 30.3 Å². The van der Waals surface area contributed by atoms with E-state index >= 15 is 0 Å². The molecule has 5 nitrogen and oxygen atoms in total. The number of nitrogens with zero attached hydrogens (tertiary/aromatic N) is 1. The maximum atomic E-state index is 12.8. The van der Waals surface area contributed by atoms with E-state index < -0.39 is 17.0 Å². The highest BCUT2D eigenvalue weighted by molar-refractivity contribution is 6.05. The average Bonchev–Trinajstić information content (AvgIpc) is 3.06. The minimum atomic E-state index is -1.02. The molecule has 1 fully saturated rings. The van der Waals surface area contributed by atoms with Crippen molar-refractivity contribution in [1.29, 1.82) is 0 Å². The largest absolute Gasteiger partial charge is 0.499 e. The molecule has 1 aromatic carbocycles. The molecule has 128 valence electrons. The van der Waals surface area contributed by atoms with Crippen molar-refractivity contribution in [3.05, 3.63) is 47.7 Å². The van der Waals surface area contributed by atoms with Gasteiger partial charge in [0.2, 0.25) is 0 Å². The Bertz CT molecular complexity index is 689. The van der Waals surface area contributed by atoms with Gasteiger partial charge in [0, 0.05) is 6.54 Å². The Kier molecular flexibility index (Phi) is 3.90. The van der Waals surface area contributed by atoms with Crippen LogP contribution in [0.4, 0.5) is 0 Å². The molecule has 0 saturated carbocycles. The van der Waals surface area contributed by atoms with Gasteiger partial charge in [-0.05, 0) is 33.3 Å². The van der Waals surface area contributed by atoms with Crippen LogP contribution in [0.2, 0.25) is 0 Å². The van der Waals surface area contributed by atoms with Gasteiger partial charge in [-0.3, -0.25) is 9.59 Å². The number of esters is 1. The highest BCUT2D eigenvalue weighted by Crippen LogP contribution is 2.45. The molecular weight excluding hydrogens is 306 g/mol. The molecule has 1 saturated heterocycles. The maximum Gasteiger partial charge on any atom is 0.322 e. The van der Waals surface area contributed by atoms with Gasteiger partial charge < -0.3 is 14.4 Å². The average molecular weight is 329 g/mol. The van der Waals surface area contributed by atoms with Crippen LogP contribution in [0.3, 0.4) is 0 Å². The second-order valence-corrected chi connectivity index (χ2v) is 7.45. The van der Waals surface area contributed by atoms with Gasteiger partial charge in [0.05, 0.1) is 17.9 Å². The Balaban J connectivity index is 1.90. The summed E-state index contributed by atoms with van der Waals surface area (Å²) < 4.78 is 10.9. The lowest BCUT2D eigenvalue weighted by atomic mass is 9.85. The third-order valence-corrected chi connectivity index (χ3v) is 4.52. The van der Waals surface area contributed by atoms with Gasteiger partial charge >= 0.3 is 5.97 Å². The van der Waals surface area contributed by atoms with E-state index in [-0.39, 0.29) is 25.1 Å². The van der Waals surface area contributed by atoms with Crippen LogP contribution in [0, 0.1) is 5.41 Å². The summed E-state index contributed by atoms with van der Waals surface area (Å²) in [4.78, 5) is 27.4. The van der Waals surface area contributed by atoms with E-state index in [9.17, 15) is 9.59 Å². The summed E-state index contributed by atoms with van der Waals surface area (Å²) in [6, 6.07) is 9.67. The van der Waals surface area contributed by atoms with Crippen LogP contribution in [0.1, 0.15) is 39.3 Å². The Labute approximate surface area is 142 Å². The van der Waals surface area contributed by atoms with Crippen LogP contribution in [0.5, 0.6) is 0 Å². The number of amides is 1. The van der Waals surface area contributed by atoms with Crippen molar-refractivity contribution in [2.45, 2.75) is 39.3 Å². The molecule has 0 radical (unpaired) electrons. The molecule has 0 spiro atoms. The fraction of sp³-hybridized carbons (Fsp3) is 0.474. The predicted octanol–water partition coefficient (Wildman–Crippen LogP) is 2.83. The van der Waals surface area contributed by atoms with Gasteiger partial charge in [0.25, 0.3) is 5.91 Å². The highest BCUT2D eigenvalue weighted by Gasteiger charge is 2.59. The van der Waals surface area contributed by atoms with Gasteiger partial charge in [0.1, 0.15) is 12.2 Å². The summed E-state index contributed by atoms with van der Waals surface area (Å²) in [6.45, 7) is 7.87. The zero-order valence-electron chi connectivity index (χ0n) is 14.5. The minimum Gasteiger partial charge on any atom is -0.499 e. The molecule has 1 aromatic rings. The Morgan fingerprint density at radius 1 is 1.29 bits per heavy atom. The van der Waals surface area contributed by atoms with E-state index in [0.717, 1.165) is 5.56 Å². The molecule has 0 bridgehead atoms. The quantitative estimate of drug-likeness (QED) is 0.800. The van der Waals surface area contributed by atoms with E-state index in [1.807, 2.05) is 58.0 Å². The molecule has 0 aliphatic carbocycles. The third-order valence-electron chi connectivity index (χ3n) is 4.52.